The molecule has 1 rings (SSSR count). The van der Waals surface area contributed by atoms with Gasteiger partial charge in [0.2, 0.25) is 0 Å². The third-order valence-corrected chi connectivity index (χ3v) is 1.46. The van der Waals surface area contributed by atoms with Crippen molar-refractivity contribution in [3.63, 3.8) is 0 Å². The Bertz CT molecular complexity index is 65.1. The van der Waals surface area contributed by atoms with Crippen molar-refractivity contribution >= 4 is 0 Å². The van der Waals surface area contributed by atoms with E-state index in [1.165, 1.54) is 0 Å². The lowest BCUT2D eigenvalue weighted by Gasteiger charge is -2.21. The first kappa shape index (κ1) is 9.92. The van der Waals surface area contributed by atoms with Gasteiger partial charge >= 0.3 is 0 Å². The summed E-state index contributed by atoms with van der Waals surface area (Å²) in [6.45, 7) is 9.10. The number of ether oxygens (including phenoxy) is 1. The minimum absolute atomic E-state index is 0. The van der Waals surface area contributed by atoms with E-state index in [2.05, 4.69) is 12.2 Å². The van der Waals surface area contributed by atoms with Crippen LogP contribution < -0.4 is 5.32 Å². The molecule has 2 heteroatoms. The summed E-state index contributed by atoms with van der Waals surface area (Å²) in [5.74, 6) is 0. The average Bonchev–Trinajstić information content (AvgIpc) is 2.10. The Kier molecular flexibility index (Phi) is 6.98. The number of rotatable bonds is 1. The highest BCUT2D eigenvalue weighted by Gasteiger charge is 2.08. The van der Waals surface area contributed by atoms with Crippen molar-refractivity contribution in [2.45, 2.75) is 33.3 Å². The van der Waals surface area contributed by atoms with Crippen LogP contribution in [0, 0.1) is 0 Å². The maximum atomic E-state index is 5.36. The third kappa shape index (κ3) is 3.85. The van der Waals surface area contributed by atoms with Gasteiger partial charge in [-0.3, -0.25) is 0 Å². The second-order valence-electron chi connectivity index (χ2n) is 2.11. The molecule has 64 valence electrons. The molecule has 1 fully saturated rings. The third-order valence-electron chi connectivity index (χ3n) is 1.46. The van der Waals surface area contributed by atoms with E-state index in [-0.39, 0.29) is 1.43 Å². The Labute approximate surface area is 65.4 Å². The molecule has 1 unspecified atom stereocenters. The standard InChI is InChI=1S/C6H13NO.C2H6.H2/c1-2-6-5-7-3-4-8-6;1-2;/h6-7H,2-5H2,1H3;1-2H3;1H. The molecule has 2 nitrogen and oxygen atoms in total. The molecule has 0 aliphatic carbocycles. The second-order valence-corrected chi connectivity index (χ2v) is 2.11. The fourth-order valence-electron chi connectivity index (χ4n) is 0.882. The van der Waals surface area contributed by atoms with Crippen molar-refractivity contribution in [3.8, 4) is 0 Å². The summed E-state index contributed by atoms with van der Waals surface area (Å²) < 4.78 is 5.36. The van der Waals surface area contributed by atoms with Gasteiger partial charge in [-0.2, -0.15) is 0 Å². The van der Waals surface area contributed by atoms with Crippen molar-refractivity contribution in [2.24, 2.45) is 0 Å². The van der Waals surface area contributed by atoms with Crippen molar-refractivity contribution < 1.29 is 6.16 Å². The van der Waals surface area contributed by atoms with Gasteiger partial charge in [0.1, 0.15) is 0 Å². The fourth-order valence-corrected chi connectivity index (χ4v) is 0.882. The van der Waals surface area contributed by atoms with Gasteiger partial charge in [0, 0.05) is 14.5 Å². The van der Waals surface area contributed by atoms with Gasteiger partial charge in [0.15, 0.2) is 0 Å². The van der Waals surface area contributed by atoms with E-state index in [4.69, 9.17) is 4.74 Å². The Morgan fingerprint density at radius 2 is 2.30 bits per heavy atom. The molecule has 0 radical (unpaired) electrons. The molecule has 1 N–H and O–H groups in total. The van der Waals surface area contributed by atoms with Crippen LogP contribution in [0.25, 0.3) is 0 Å². The van der Waals surface area contributed by atoms with E-state index in [0.29, 0.717) is 6.10 Å². The predicted octanol–water partition coefficient (Wildman–Crippen LogP) is 1.66. The lowest BCUT2D eigenvalue weighted by Crippen LogP contribution is -2.37. The van der Waals surface area contributed by atoms with Crippen LogP contribution >= 0.6 is 0 Å². The minimum atomic E-state index is 0. The number of morpholine rings is 1. The highest BCUT2D eigenvalue weighted by Crippen LogP contribution is 1.98. The van der Waals surface area contributed by atoms with Crippen LogP contribution in [0.2, 0.25) is 0 Å². The quantitative estimate of drug-likeness (QED) is 0.609. The summed E-state index contributed by atoms with van der Waals surface area (Å²) in [5, 5.41) is 3.26. The maximum Gasteiger partial charge on any atom is 0.0697 e. The van der Waals surface area contributed by atoms with E-state index in [1.807, 2.05) is 13.8 Å². The molecular weight excluding hydrogens is 126 g/mol. The van der Waals surface area contributed by atoms with Crippen LogP contribution in [0.3, 0.4) is 0 Å². The molecule has 0 aromatic rings. The Balaban J connectivity index is 0. The predicted molar refractivity (Wildman–Crippen MR) is 46.4 cm³/mol. The number of nitrogens with one attached hydrogen (secondary N) is 1. The van der Waals surface area contributed by atoms with Crippen molar-refractivity contribution in [3.05, 3.63) is 0 Å². The van der Waals surface area contributed by atoms with Gasteiger partial charge < -0.3 is 10.1 Å². The average molecular weight is 147 g/mol. The monoisotopic (exact) mass is 147 g/mol. The minimum Gasteiger partial charge on any atom is -0.376 e. The zero-order valence-electron chi connectivity index (χ0n) is 7.31. The summed E-state index contributed by atoms with van der Waals surface area (Å²) in [4.78, 5) is 0. The lowest BCUT2D eigenvalue weighted by molar-refractivity contribution is 0.0267. The summed E-state index contributed by atoms with van der Waals surface area (Å²) in [6.07, 6.45) is 1.61. The second kappa shape index (κ2) is 7.03. The molecule has 0 spiro atoms. The molecule has 1 saturated heterocycles. The van der Waals surface area contributed by atoms with Crippen LogP contribution in [0.4, 0.5) is 0 Å². The Morgan fingerprint density at radius 1 is 1.60 bits per heavy atom. The SMILES string of the molecule is CC.CCC1CNCCO1.[HH]. The Hall–Kier alpha value is -0.0800. The van der Waals surface area contributed by atoms with E-state index in [0.717, 1.165) is 26.1 Å². The van der Waals surface area contributed by atoms with Crippen LogP contribution in [0.15, 0.2) is 0 Å². The molecule has 10 heavy (non-hydrogen) atoms. The van der Waals surface area contributed by atoms with Gasteiger partial charge in [0.25, 0.3) is 0 Å². The molecule has 1 aliphatic heterocycles. The van der Waals surface area contributed by atoms with Gasteiger partial charge in [-0.25, -0.2) is 0 Å². The molecule has 0 aromatic heterocycles. The highest BCUT2D eigenvalue weighted by molar-refractivity contribution is 4.63. The van der Waals surface area contributed by atoms with Crippen LogP contribution in [-0.4, -0.2) is 25.8 Å². The first-order valence-corrected chi connectivity index (χ1v) is 4.26. The lowest BCUT2D eigenvalue weighted by atomic mass is 10.2. The summed E-state index contributed by atoms with van der Waals surface area (Å²) in [6, 6.07) is 0. The molecule has 0 saturated carbocycles. The largest absolute Gasteiger partial charge is 0.376 e. The fraction of sp³-hybridized carbons (Fsp3) is 1.00. The first-order valence-electron chi connectivity index (χ1n) is 4.26. The molecule has 1 heterocycles. The van der Waals surface area contributed by atoms with E-state index in [9.17, 15) is 0 Å². The Morgan fingerprint density at radius 3 is 2.60 bits per heavy atom. The number of hydrogen-bond donors (Lipinski definition) is 1. The summed E-state index contributed by atoms with van der Waals surface area (Å²) >= 11 is 0. The van der Waals surface area contributed by atoms with Crippen molar-refractivity contribution in [1.82, 2.24) is 5.32 Å². The van der Waals surface area contributed by atoms with Crippen molar-refractivity contribution in [2.75, 3.05) is 19.7 Å². The summed E-state index contributed by atoms with van der Waals surface area (Å²) in [7, 11) is 0. The molecule has 0 bridgehead atoms. The molecule has 1 aliphatic rings. The smallest absolute Gasteiger partial charge is 0.0697 e. The van der Waals surface area contributed by atoms with Gasteiger partial charge in [0.05, 0.1) is 12.7 Å². The van der Waals surface area contributed by atoms with E-state index in [1.54, 1.807) is 0 Å². The highest BCUT2D eigenvalue weighted by atomic mass is 16.5. The van der Waals surface area contributed by atoms with Crippen LogP contribution in [0.1, 0.15) is 28.6 Å². The normalized spacial score (nSPS) is 24.9. The van der Waals surface area contributed by atoms with Crippen LogP contribution in [-0.2, 0) is 4.74 Å². The van der Waals surface area contributed by atoms with Crippen molar-refractivity contribution in [1.29, 1.82) is 0 Å². The van der Waals surface area contributed by atoms with Gasteiger partial charge in [-0.15, -0.1) is 0 Å². The molecular formula is C8H21NO. The van der Waals surface area contributed by atoms with Gasteiger partial charge in [-0.05, 0) is 6.42 Å². The zero-order valence-corrected chi connectivity index (χ0v) is 7.31. The topological polar surface area (TPSA) is 21.3 Å². The van der Waals surface area contributed by atoms with Gasteiger partial charge in [-0.1, -0.05) is 20.8 Å². The maximum absolute atomic E-state index is 5.36. The molecule has 1 atom stereocenters. The zero-order chi connectivity index (χ0) is 7.82. The van der Waals surface area contributed by atoms with Crippen LogP contribution in [0.5, 0.6) is 0 Å². The van der Waals surface area contributed by atoms with E-state index >= 15 is 0 Å². The summed E-state index contributed by atoms with van der Waals surface area (Å²) in [5.41, 5.74) is 0. The molecule has 0 aromatic carbocycles. The number of hydrogen-bond acceptors (Lipinski definition) is 2. The van der Waals surface area contributed by atoms with E-state index < -0.39 is 0 Å². The first-order chi connectivity index (χ1) is 4.93. The molecule has 0 amide bonds.